The van der Waals surface area contributed by atoms with Crippen LogP contribution in [-0.2, 0) is 24.2 Å². The van der Waals surface area contributed by atoms with E-state index in [1.54, 1.807) is 0 Å². The molecule has 1 fully saturated rings. The molecule has 0 unspecified atom stereocenters. The van der Waals surface area contributed by atoms with E-state index in [4.69, 9.17) is 9.47 Å². The summed E-state index contributed by atoms with van der Waals surface area (Å²) in [6.45, 7) is 5.51. The largest absolute Gasteiger partial charge is 0.493 e. The van der Waals surface area contributed by atoms with Crippen LogP contribution in [0, 0.1) is 0 Å². The molecule has 122 valence electrons. The average molecular weight is 313 g/mol. The first-order valence-corrected chi connectivity index (χ1v) is 8.46. The van der Waals surface area contributed by atoms with Gasteiger partial charge in [-0.25, -0.2) is 4.98 Å². The number of benzene rings is 1. The molecule has 0 saturated carbocycles. The molecule has 2 aliphatic rings. The van der Waals surface area contributed by atoms with Crippen LogP contribution in [-0.4, -0.2) is 28.8 Å². The molecule has 4 rings (SSSR count). The molecule has 0 spiro atoms. The smallest absolute Gasteiger partial charge is 0.139 e. The lowest BCUT2D eigenvalue weighted by Gasteiger charge is -2.20. The number of hydrogen-bond acceptors (Lipinski definition) is 4. The van der Waals surface area contributed by atoms with E-state index < -0.39 is 0 Å². The topological polar surface area (TPSA) is 48.3 Å². The summed E-state index contributed by atoms with van der Waals surface area (Å²) in [7, 11) is 0. The first-order valence-electron chi connectivity index (χ1n) is 8.46. The highest BCUT2D eigenvalue weighted by molar-refractivity contribution is 5.39. The zero-order valence-electron chi connectivity index (χ0n) is 13.5. The molecular weight excluding hydrogens is 290 g/mol. The van der Waals surface area contributed by atoms with Gasteiger partial charge < -0.3 is 19.4 Å². The number of imidazole rings is 1. The fourth-order valence-corrected chi connectivity index (χ4v) is 3.50. The maximum absolute atomic E-state index is 5.95. The third-order valence-corrected chi connectivity index (χ3v) is 4.76. The molecule has 2 aromatic rings. The zero-order valence-corrected chi connectivity index (χ0v) is 13.5. The third kappa shape index (κ3) is 2.86. The van der Waals surface area contributed by atoms with Crippen molar-refractivity contribution in [3.63, 3.8) is 0 Å². The van der Waals surface area contributed by atoms with E-state index in [2.05, 4.69) is 40.0 Å². The Morgan fingerprint density at radius 2 is 2.30 bits per heavy atom. The van der Waals surface area contributed by atoms with Gasteiger partial charge in [-0.2, -0.15) is 0 Å². The second kappa shape index (κ2) is 6.34. The SMILES string of the molecule is CCn1ccnc1[C@H]1OCC[C@@H]1NCc1ccc2c(c1)CCO2. The van der Waals surface area contributed by atoms with Crippen LogP contribution in [0.15, 0.2) is 30.6 Å². The maximum Gasteiger partial charge on any atom is 0.139 e. The maximum atomic E-state index is 5.95. The van der Waals surface area contributed by atoms with Crippen molar-refractivity contribution in [3.05, 3.63) is 47.5 Å². The number of rotatable bonds is 5. The van der Waals surface area contributed by atoms with Crippen LogP contribution in [0.25, 0.3) is 0 Å². The van der Waals surface area contributed by atoms with Crippen molar-refractivity contribution in [2.75, 3.05) is 13.2 Å². The molecule has 23 heavy (non-hydrogen) atoms. The van der Waals surface area contributed by atoms with E-state index in [0.29, 0.717) is 6.04 Å². The number of hydrogen-bond donors (Lipinski definition) is 1. The Morgan fingerprint density at radius 1 is 1.35 bits per heavy atom. The van der Waals surface area contributed by atoms with E-state index in [-0.39, 0.29) is 6.10 Å². The van der Waals surface area contributed by atoms with Crippen LogP contribution in [0.4, 0.5) is 0 Å². The summed E-state index contributed by atoms with van der Waals surface area (Å²) in [6.07, 6.45) is 5.97. The van der Waals surface area contributed by atoms with Gasteiger partial charge >= 0.3 is 0 Å². The Labute approximate surface area is 136 Å². The van der Waals surface area contributed by atoms with Crippen molar-refractivity contribution in [2.45, 2.75) is 45.0 Å². The lowest BCUT2D eigenvalue weighted by atomic mass is 10.1. The number of nitrogens with zero attached hydrogens (tertiary/aromatic N) is 2. The van der Waals surface area contributed by atoms with Gasteiger partial charge in [-0.05, 0) is 30.5 Å². The second-order valence-corrected chi connectivity index (χ2v) is 6.18. The first-order chi connectivity index (χ1) is 11.3. The van der Waals surface area contributed by atoms with Crippen LogP contribution in [0.1, 0.15) is 36.4 Å². The van der Waals surface area contributed by atoms with Crippen molar-refractivity contribution in [3.8, 4) is 5.75 Å². The van der Waals surface area contributed by atoms with Crippen molar-refractivity contribution in [1.82, 2.24) is 14.9 Å². The van der Waals surface area contributed by atoms with E-state index in [0.717, 1.165) is 50.7 Å². The quantitative estimate of drug-likeness (QED) is 0.921. The summed E-state index contributed by atoms with van der Waals surface area (Å²) in [6, 6.07) is 6.81. The minimum atomic E-state index is 0.0442. The van der Waals surface area contributed by atoms with E-state index in [9.17, 15) is 0 Å². The van der Waals surface area contributed by atoms with Crippen molar-refractivity contribution in [1.29, 1.82) is 0 Å². The van der Waals surface area contributed by atoms with Crippen LogP contribution in [0.3, 0.4) is 0 Å². The van der Waals surface area contributed by atoms with Gasteiger partial charge in [-0.15, -0.1) is 0 Å². The summed E-state index contributed by atoms with van der Waals surface area (Å²) in [5.74, 6) is 2.07. The van der Waals surface area contributed by atoms with Gasteiger partial charge in [0.1, 0.15) is 17.7 Å². The molecule has 0 aliphatic carbocycles. The first kappa shape index (κ1) is 14.7. The minimum absolute atomic E-state index is 0.0442. The molecule has 1 aromatic heterocycles. The highest BCUT2D eigenvalue weighted by Gasteiger charge is 2.32. The van der Waals surface area contributed by atoms with E-state index in [1.165, 1.54) is 11.1 Å². The van der Waals surface area contributed by atoms with Crippen molar-refractivity contribution < 1.29 is 9.47 Å². The van der Waals surface area contributed by atoms with Gasteiger partial charge in [-0.3, -0.25) is 0 Å². The third-order valence-electron chi connectivity index (χ3n) is 4.76. The van der Waals surface area contributed by atoms with Crippen molar-refractivity contribution in [2.24, 2.45) is 0 Å². The summed E-state index contributed by atoms with van der Waals surface area (Å²) < 4.78 is 13.7. The highest BCUT2D eigenvalue weighted by atomic mass is 16.5. The highest BCUT2D eigenvalue weighted by Crippen LogP contribution is 2.29. The van der Waals surface area contributed by atoms with E-state index >= 15 is 0 Å². The monoisotopic (exact) mass is 313 g/mol. The summed E-state index contributed by atoms with van der Waals surface area (Å²) in [5, 5.41) is 3.66. The van der Waals surface area contributed by atoms with Crippen LogP contribution >= 0.6 is 0 Å². The number of ether oxygens (including phenoxy) is 2. The predicted molar refractivity (Wildman–Crippen MR) is 87.5 cm³/mol. The zero-order chi connectivity index (χ0) is 15.6. The Bertz CT molecular complexity index is 683. The minimum Gasteiger partial charge on any atom is -0.493 e. The molecule has 5 heteroatoms. The molecule has 1 N–H and O–H groups in total. The fraction of sp³-hybridized carbons (Fsp3) is 0.500. The molecule has 0 radical (unpaired) electrons. The fourth-order valence-electron chi connectivity index (χ4n) is 3.50. The summed E-state index contributed by atoms with van der Waals surface area (Å²) in [4.78, 5) is 4.50. The van der Waals surface area contributed by atoms with Gasteiger partial charge in [0.15, 0.2) is 0 Å². The molecule has 1 aromatic carbocycles. The molecule has 2 atom stereocenters. The molecule has 3 heterocycles. The van der Waals surface area contributed by atoms with E-state index in [1.807, 2.05) is 12.4 Å². The molecular formula is C18H23N3O2. The molecule has 0 amide bonds. The molecule has 2 aliphatic heterocycles. The molecule has 0 bridgehead atoms. The number of aryl methyl sites for hydroxylation is 1. The van der Waals surface area contributed by atoms with Crippen LogP contribution < -0.4 is 10.1 Å². The number of fused-ring (bicyclic) bond motifs is 1. The van der Waals surface area contributed by atoms with Gasteiger partial charge in [0.2, 0.25) is 0 Å². The van der Waals surface area contributed by atoms with Crippen molar-refractivity contribution >= 4 is 0 Å². The molecule has 1 saturated heterocycles. The van der Waals surface area contributed by atoms with Gasteiger partial charge in [0.05, 0.1) is 6.61 Å². The normalized spacial score (nSPS) is 23.0. The summed E-state index contributed by atoms with van der Waals surface area (Å²) in [5.41, 5.74) is 2.63. The Balaban J connectivity index is 1.44. The number of aromatic nitrogens is 2. The van der Waals surface area contributed by atoms with Crippen LogP contribution in [0.5, 0.6) is 5.75 Å². The lowest BCUT2D eigenvalue weighted by Crippen LogP contribution is -2.32. The van der Waals surface area contributed by atoms with Gasteiger partial charge in [0.25, 0.3) is 0 Å². The summed E-state index contributed by atoms with van der Waals surface area (Å²) >= 11 is 0. The van der Waals surface area contributed by atoms with Crippen LogP contribution in [0.2, 0.25) is 0 Å². The second-order valence-electron chi connectivity index (χ2n) is 6.18. The number of nitrogens with one attached hydrogen (secondary N) is 1. The van der Waals surface area contributed by atoms with Gasteiger partial charge in [-0.1, -0.05) is 12.1 Å². The standard InChI is InChI=1S/C18H23N3O2/c1-2-21-8-7-19-18(21)17-15(6-10-23-17)20-12-13-3-4-16-14(11-13)5-9-22-16/h3-4,7-8,11,15,17,20H,2,5-6,9-10,12H2,1H3/t15-,17-/m0/s1. The van der Waals surface area contributed by atoms with Gasteiger partial charge in [0, 0.05) is 44.6 Å². The Hall–Kier alpha value is -1.85. The predicted octanol–water partition coefficient (Wildman–Crippen LogP) is 2.46. The molecule has 5 nitrogen and oxygen atoms in total. The Kier molecular flexibility index (Phi) is 4.06. The lowest BCUT2D eigenvalue weighted by molar-refractivity contribution is 0.0886. The Morgan fingerprint density at radius 3 is 3.22 bits per heavy atom. The average Bonchev–Trinajstić information content (AvgIpc) is 3.30.